The molecule has 0 saturated heterocycles. The minimum atomic E-state index is -0.643. The summed E-state index contributed by atoms with van der Waals surface area (Å²) in [5.41, 5.74) is 19.0. The number of nitrogens with zero attached hydrogens (tertiary/aromatic N) is 11. The number of aliphatic hydroxyl groups excluding tert-OH is 1. The van der Waals surface area contributed by atoms with Gasteiger partial charge in [-0.2, -0.15) is 0 Å². The van der Waals surface area contributed by atoms with E-state index in [1.165, 1.54) is 0 Å². The molecule has 10 aromatic carbocycles. The predicted octanol–water partition coefficient (Wildman–Crippen LogP) is 19.7. The standard InChI is InChI=1S/C27H33N3O2.C27H31N3O2.C19H24N2O2.C11H15NO2.2C8H11NO.ClH.U.V/c2*1-7-30(8-2)20-11-14-23-26(17-20)32-25-16-19(29(5)6)10-13-22(25)27(23)21-12-9-18(28(3)4)15-24(21)31;1-5-21(6-2)14-8-10-16-18(12-14)23-17-11-13(20(3)4)7-9-15(17)19(16)22;1-3-12(4-2)10-6-5-9(8-13)11(14)7-10;2*1-9(2)7-4-3-5-8(10)6-7;;;/h9-17,27,31H,7-8H2,1-6H3;9-17H,7-8H2,1-6H3;7-12,19,22H,5-6H2,1-4H3;5-8,14H,3-4H2,1-2H3;2*3-6,10H,1-2H3;1H;;/p+1. The van der Waals surface area contributed by atoms with E-state index in [1.807, 2.05) is 228 Å². The van der Waals surface area contributed by atoms with E-state index in [1.54, 1.807) is 36.4 Å². The fraction of sp³-hybridized carbons (Fsp3) is 0.320. The summed E-state index contributed by atoms with van der Waals surface area (Å²) in [4.78, 5) is 31.4. The summed E-state index contributed by atoms with van der Waals surface area (Å²) in [6, 6.07) is 68.5. The molecule has 2 unspecified atom stereocenters. The third-order valence-corrected chi connectivity index (χ3v) is 21.8. The molecule has 0 bridgehead atoms. The SMILES string of the molecule is CCN(CC)c1ccc(C=O)c(O)c1.CCN(CC)c1ccc2c(-c3ccc(N(C)C)cc3O)c3ccc(=[N+](C)C)cc-3oc2c1.CCN(CC)c1ccc2c(c1)Oc1cc(N(C)C)ccc1C2O.CCN(CC)c1ccc2c(c1)Oc1cc(N(C)C)ccc1C2c1ccc(N(C)C)cc1O.CN(C)c1cccc(O)c1.CN(C)c1cccc(O)c1.Cl.[U].[V]. The van der Waals surface area contributed by atoms with Crippen LogP contribution in [-0.4, -0.2) is 188 Å². The second-order valence-corrected chi connectivity index (χ2v) is 31.1. The number of aldehydes is 1. The van der Waals surface area contributed by atoms with E-state index >= 15 is 0 Å². The molecule has 0 spiro atoms. The number of aliphatic hydroxyl groups is 1. The molecule has 0 fully saturated rings. The monoisotopic (exact) mass is 1970 g/mol. The van der Waals surface area contributed by atoms with Crippen LogP contribution in [0, 0.1) is 31.1 Å². The van der Waals surface area contributed by atoms with Crippen molar-refractivity contribution in [1.29, 1.82) is 0 Å². The zero-order valence-corrected chi connectivity index (χ0v) is 82.6. The number of halogens is 1. The van der Waals surface area contributed by atoms with Gasteiger partial charge in [-0.05, 0) is 152 Å². The van der Waals surface area contributed by atoms with Gasteiger partial charge in [0.15, 0.2) is 6.29 Å². The molecule has 3 heterocycles. The van der Waals surface area contributed by atoms with E-state index in [4.69, 9.17) is 24.1 Å². The largest absolute Gasteiger partial charge is 0.508 e. The molecular formula is C100H127ClN11O10UV+. The van der Waals surface area contributed by atoms with Crippen molar-refractivity contribution in [1.82, 2.24) is 4.58 Å². The molecule has 1 radical (unpaired) electrons. The molecule has 14 rings (SSSR count). The summed E-state index contributed by atoms with van der Waals surface area (Å²) in [5.74, 6) is 5.07. The molecular weight excluding hydrogens is 1840 g/mol. The Labute approximate surface area is 776 Å². The zero-order chi connectivity index (χ0) is 88.2. The molecule has 21 nitrogen and oxygen atoms in total. The molecule has 1 aliphatic carbocycles. The van der Waals surface area contributed by atoms with Crippen LogP contribution in [0.5, 0.6) is 51.7 Å². The van der Waals surface area contributed by atoms with E-state index in [0.717, 1.165) is 199 Å². The van der Waals surface area contributed by atoms with Gasteiger partial charge in [-0.15, -0.1) is 12.4 Å². The number of rotatable bonds is 21. The second kappa shape index (κ2) is 47.2. The maximum atomic E-state index is 11.0. The Bertz CT molecular complexity index is 5450. The van der Waals surface area contributed by atoms with Crippen LogP contribution in [0.25, 0.3) is 33.4 Å². The van der Waals surface area contributed by atoms with Crippen molar-refractivity contribution in [3.05, 3.63) is 251 Å². The fourth-order valence-corrected chi connectivity index (χ4v) is 14.7. The van der Waals surface area contributed by atoms with Crippen LogP contribution < -0.4 is 68.4 Å². The van der Waals surface area contributed by atoms with Crippen molar-refractivity contribution in [3.8, 4) is 74.2 Å². The van der Waals surface area contributed by atoms with Crippen LogP contribution in [0.15, 0.2) is 217 Å². The summed E-state index contributed by atoms with van der Waals surface area (Å²) in [6.07, 6.45) is 0.0113. The van der Waals surface area contributed by atoms with Gasteiger partial charge in [0.25, 0.3) is 0 Å². The van der Waals surface area contributed by atoms with Gasteiger partial charge in [-0.25, -0.2) is 4.58 Å². The number of phenolic OH excluding ortho intramolecular Hbond substituents is 5. The first-order valence-corrected chi connectivity index (χ1v) is 41.5. The number of hydrogen-bond donors (Lipinski definition) is 6. The normalized spacial score (nSPS) is 12.1. The van der Waals surface area contributed by atoms with E-state index in [9.17, 15) is 25.2 Å². The molecule has 24 heteroatoms. The van der Waals surface area contributed by atoms with Gasteiger partial charge >= 0.3 is 0 Å². The average molecular weight is 1970 g/mol. The number of ether oxygens (including phenoxy) is 2. The van der Waals surface area contributed by atoms with Gasteiger partial charge in [-0.3, -0.25) is 4.79 Å². The molecule has 0 amide bonds. The Kier molecular flexibility index (Phi) is 38.8. The van der Waals surface area contributed by atoms with Crippen molar-refractivity contribution in [3.63, 3.8) is 0 Å². The molecule has 3 aliphatic heterocycles. The minimum Gasteiger partial charge on any atom is -0.508 e. The van der Waals surface area contributed by atoms with Gasteiger partial charge < -0.3 is 93.5 Å². The molecule has 657 valence electrons. The Balaban J connectivity index is 0.000000242. The number of aromatic hydroxyl groups is 5. The van der Waals surface area contributed by atoms with Crippen LogP contribution in [0.3, 0.4) is 0 Å². The van der Waals surface area contributed by atoms with Gasteiger partial charge in [0, 0.05) is 366 Å². The second-order valence-electron chi connectivity index (χ2n) is 31.1. The fourth-order valence-electron chi connectivity index (χ4n) is 14.7. The van der Waals surface area contributed by atoms with E-state index in [0.29, 0.717) is 29.1 Å². The van der Waals surface area contributed by atoms with Gasteiger partial charge in [0.1, 0.15) is 83.3 Å². The van der Waals surface area contributed by atoms with Crippen LogP contribution in [0.1, 0.15) is 106 Å². The van der Waals surface area contributed by atoms with Crippen LogP contribution in [0.4, 0.5) is 56.9 Å². The van der Waals surface area contributed by atoms with Crippen LogP contribution in [0.2, 0.25) is 0 Å². The van der Waals surface area contributed by atoms with Crippen LogP contribution in [-0.2, 0) is 18.6 Å². The summed E-state index contributed by atoms with van der Waals surface area (Å²) in [7, 11) is 27.7. The predicted molar refractivity (Wildman–Crippen MR) is 513 cm³/mol. The average Bonchev–Trinajstić information content (AvgIpc) is 0.753. The number of phenols is 5. The number of benzene rings is 11. The quantitative estimate of drug-likeness (QED) is 0.0225. The van der Waals surface area contributed by atoms with Crippen molar-refractivity contribution < 1.29 is 99.0 Å². The first-order chi connectivity index (χ1) is 57.8. The molecule has 6 N–H and O–H groups in total. The molecule has 2 atom stereocenters. The number of hydrogen-bond acceptors (Lipinski definition) is 20. The Hall–Kier alpha value is -11.0. The maximum Gasteiger partial charge on any atom is 0.203 e. The molecule has 10 aromatic rings. The van der Waals surface area contributed by atoms with Crippen molar-refractivity contribution >= 4 is 86.5 Å². The third kappa shape index (κ3) is 25.0. The van der Waals surface area contributed by atoms with Crippen LogP contribution >= 0.6 is 12.4 Å². The molecule has 0 saturated carbocycles. The first-order valence-electron chi connectivity index (χ1n) is 41.5. The number of carbonyl (C=O) groups excluding carboxylic acids is 1. The smallest absolute Gasteiger partial charge is 0.203 e. The third-order valence-electron chi connectivity index (χ3n) is 21.8. The summed E-state index contributed by atoms with van der Waals surface area (Å²) >= 11 is 0. The van der Waals surface area contributed by atoms with Crippen molar-refractivity contribution in [2.75, 3.05) is 200 Å². The Morgan fingerprint density at radius 3 is 1.06 bits per heavy atom. The summed E-state index contributed by atoms with van der Waals surface area (Å²) in [5, 5.41) is 62.3. The Morgan fingerprint density at radius 1 is 0.355 bits per heavy atom. The minimum absolute atomic E-state index is 0. The number of anilines is 10. The number of carbonyl (C=O) groups is 1. The van der Waals surface area contributed by atoms with Crippen molar-refractivity contribution in [2.24, 2.45) is 0 Å². The van der Waals surface area contributed by atoms with Gasteiger partial charge in [0.2, 0.25) is 5.36 Å². The van der Waals surface area contributed by atoms with E-state index in [2.05, 4.69) is 156 Å². The van der Waals surface area contributed by atoms with Gasteiger partial charge in [0.05, 0.1) is 11.6 Å². The Morgan fingerprint density at radius 2 is 0.685 bits per heavy atom. The van der Waals surface area contributed by atoms with E-state index < -0.39 is 6.10 Å². The first kappa shape index (κ1) is 102. The topological polar surface area (TPSA) is 205 Å². The zero-order valence-electron chi connectivity index (χ0n) is 76.2. The molecule has 0 aromatic heterocycles. The van der Waals surface area contributed by atoms with E-state index in [-0.39, 0.29) is 79.5 Å². The summed E-state index contributed by atoms with van der Waals surface area (Å²) in [6.45, 7) is 24.4. The van der Waals surface area contributed by atoms with Gasteiger partial charge in [-0.1, -0.05) is 42.5 Å². The molecule has 4 aliphatic rings. The number of fused-ring (bicyclic) bond motifs is 6. The maximum absolute atomic E-state index is 11.0. The summed E-state index contributed by atoms with van der Waals surface area (Å²) < 4.78 is 21.1. The molecule has 124 heavy (non-hydrogen) atoms. The van der Waals surface area contributed by atoms with Crippen molar-refractivity contribution in [2.45, 2.75) is 67.4 Å².